The molecule has 0 fully saturated rings. The zero-order valence-corrected chi connectivity index (χ0v) is 15.6. The largest absolute Gasteiger partial charge is 0.518 e. The molecule has 0 spiro atoms. The number of aliphatic hydroxyl groups is 1. The highest BCUT2D eigenvalue weighted by Crippen LogP contribution is 2.21. The normalized spacial score (nSPS) is 12.0. The molecule has 0 bridgehead atoms. The summed E-state index contributed by atoms with van der Waals surface area (Å²) in [4.78, 5) is 15.2. The lowest BCUT2D eigenvalue weighted by atomic mass is 9.90. The Morgan fingerprint density at radius 2 is 1.96 bits per heavy atom. The average Bonchev–Trinajstić information content (AvgIpc) is 3.01. The van der Waals surface area contributed by atoms with E-state index in [-0.39, 0.29) is 35.5 Å². The van der Waals surface area contributed by atoms with Gasteiger partial charge in [-0.1, -0.05) is 50.2 Å². The van der Waals surface area contributed by atoms with E-state index in [1.807, 2.05) is 6.07 Å². The molecule has 0 aliphatic heterocycles. The molecule has 6 heteroatoms. The number of aliphatic hydroxyl groups excluding tert-OH is 1. The van der Waals surface area contributed by atoms with E-state index in [2.05, 4.69) is 30.8 Å². The molecule has 0 aliphatic rings. The summed E-state index contributed by atoms with van der Waals surface area (Å²) in [6.07, 6.45) is 1.16. The predicted molar refractivity (Wildman–Crippen MR) is 100 cm³/mol. The molecule has 0 aliphatic carbocycles. The van der Waals surface area contributed by atoms with Gasteiger partial charge >= 0.3 is 5.70 Å². The van der Waals surface area contributed by atoms with E-state index < -0.39 is 0 Å². The molecule has 1 heterocycles. The fourth-order valence-corrected chi connectivity index (χ4v) is 2.60. The first-order valence-electron chi connectivity index (χ1n) is 8.48. The summed E-state index contributed by atoms with van der Waals surface area (Å²) in [5.74, 6) is 0.172. The van der Waals surface area contributed by atoms with Crippen LogP contribution in [0.3, 0.4) is 0 Å². The third kappa shape index (κ3) is 5.83. The minimum atomic E-state index is -0.366. The van der Waals surface area contributed by atoms with E-state index in [1.54, 1.807) is 30.3 Å². The summed E-state index contributed by atoms with van der Waals surface area (Å²) in [7, 11) is 0. The molecular formula is C21H21N3O3. The number of carbonyl (C=O) groups is 1. The van der Waals surface area contributed by atoms with Crippen LogP contribution in [0.4, 0.5) is 0 Å². The lowest BCUT2D eigenvalue weighted by molar-refractivity contribution is -0.118. The van der Waals surface area contributed by atoms with Crippen LogP contribution in [0, 0.1) is 23.3 Å². The van der Waals surface area contributed by atoms with E-state index in [9.17, 15) is 9.90 Å². The van der Waals surface area contributed by atoms with E-state index in [0.717, 1.165) is 17.7 Å². The number of aromatic nitrogens is 1. The maximum absolute atomic E-state index is 12.3. The van der Waals surface area contributed by atoms with Crippen molar-refractivity contribution in [1.82, 2.24) is 5.16 Å². The third-order valence-electron chi connectivity index (χ3n) is 3.76. The van der Waals surface area contributed by atoms with Gasteiger partial charge in [0, 0.05) is 18.1 Å². The van der Waals surface area contributed by atoms with Crippen LogP contribution in [0.2, 0.25) is 0 Å². The van der Waals surface area contributed by atoms with Gasteiger partial charge in [0.15, 0.2) is 0 Å². The van der Waals surface area contributed by atoms with Crippen molar-refractivity contribution in [3.05, 3.63) is 70.0 Å². The number of allylic oxidation sites excluding steroid dienone is 1. The fourth-order valence-electron chi connectivity index (χ4n) is 2.60. The first-order chi connectivity index (χ1) is 12.7. The van der Waals surface area contributed by atoms with Crippen LogP contribution in [0.15, 0.2) is 40.6 Å². The quantitative estimate of drug-likeness (QED) is 0.470. The number of hydrogen-bond acceptors (Lipinski definition) is 5. The monoisotopic (exact) mass is 363 g/mol. The Morgan fingerprint density at radius 3 is 2.52 bits per heavy atom. The molecule has 2 rings (SSSR count). The molecule has 0 atom stereocenters. The van der Waals surface area contributed by atoms with Gasteiger partial charge in [-0.15, -0.1) is 0 Å². The minimum Gasteiger partial charge on any atom is -0.518 e. The number of rotatable bonds is 6. The summed E-state index contributed by atoms with van der Waals surface area (Å²) < 4.78 is 5.25. The van der Waals surface area contributed by atoms with E-state index in [4.69, 9.17) is 16.4 Å². The Hall–Kier alpha value is -3.38. The van der Waals surface area contributed by atoms with E-state index >= 15 is 0 Å². The number of Topliss-reactive ketones (excluding diaryl/α,β-unsaturated/α-hetero) is 1. The van der Waals surface area contributed by atoms with Crippen molar-refractivity contribution in [2.75, 3.05) is 0 Å². The molecular weight excluding hydrogens is 342 g/mol. The molecule has 1 aromatic carbocycles. The molecule has 138 valence electrons. The lowest BCUT2D eigenvalue weighted by Crippen LogP contribution is -2.09. The van der Waals surface area contributed by atoms with Crippen LogP contribution in [-0.4, -0.2) is 16.0 Å². The van der Waals surface area contributed by atoms with Crippen LogP contribution in [0.1, 0.15) is 43.4 Å². The van der Waals surface area contributed by atoms with Crippen molar-refractivity contribution < 1.29 is 14.4 Å². The number of benzene rings is 1. The molecule has 2 aromatic rings. The summed E-state index contributed by atoms with van der Waals surface area (Å²) in [6.45, 7) is 13.2. The molecule has 0 saturated heterocycles. The molecule has 6 nitrogen and oxygen atoms in total. The summed E-state index contributed by atoms with van der Waals surface area (Å²) in [5, 5.41) is 22.7. The van der Waals surface area contributed by atoms with Crippen LogP contribution in [-0.2, 0) is 24.1 Å². The van der Waals surface area contributed by atoms with Crippen molar-refractivity contribution in [2.24, 2.45) is 5.41 Å². The highest BCUT2D eigenvalue weighted by Gasteiger charge is 2.16. The van der Waals surface area contributed by atoms with Crippen LogP contribution in [0.5, 0.6) is 0 Å². The summed E-state index contributed by atoms with van der Waals surface area (Å²) >= 11 is 0. The van der Waals surface area contributed by atoms with Crippen molar-refractivity contribution >= 4 is 11.5 Å². The fraction of sp³-hybridized carbons (Fsp3) is 0.333. The summed E-state index contributed by atoms with van der Waals surface area (Å²) in [6, 6.07) is 10.0. The summed E-state index contributed by atoms with van der Waals surface area (Å²) in [5.41, 5.74) is 1.70. The standard InChI is InChI=1S/C21H21N3O3/c1-21(2,3)12-16-10-18(27-24-16)11-17(25)9-14-5-7-15(8-6-14)20(26)19(13-22)23-4/h5-8,10,26H,9,11-12H2,1-3H3/b20-19-. The smallest absolute Gasteiger partial charge is 0.303 e. The maximum Gasteiger partial charge on any atom is 0.303 e. The Kier molecular flexibility index (Phi) is 6.15. The highest BCUT2D eigenvalue weighted by molar-refractivity contribution is 5.82. The van der Waals surface area contributed by atoms with Crippen molar-refractivity contribution in [1.29, 1.82) is 5.26 Å². The number of nitriles is 1. The van der Waals surface area contributed by atoms with Gasteiger partial charge in [0.25, 0.3) is 0 Å². The Labute approximate surface area is 158 Å². The minimum absolute atomic E-state index is 0.0140. The van der Waals surface area contributed by atoms with E-state index in [1.165, 1.54) is 0 Å². The van der Waals surface area contributed by atoms with Crippen molar-refractivity contribution in [3.63, 3.8) is 0 Å². The number of ketones is 1. The first kappa shape index (κ1) is 19.9. The maximum atomic E-state index is 12.3. The second-order valence-electron chi connectivity index (χ2n) is 7.53. The molecule has 0 amide bonds. The highest BCUT2D eigenvalue weighted by atomic mass is 16.5. The van der Waals surface area contributed by atoms with Gasteiger partial charge in [-0.25, -0.2) is 10.1 Å². The topological polar surface area (TPSA) is 91.5 Å². The second-order valence-corrected chi connectivity index (χ2v) is 7.53. The number of hydrogen-bond donors (Lipinski definition) is 1. The van der Waals surface area contributed by atoms with Gasteiger partial charge in [0.1, 0.15) is 17.3 Å². The number of carbonyl (C=O) groups excluding carboxylic acids is 1. The van der Waals surface area contributed by atoms with Gasteiger partial charge < -0.3 is 9.63 Å². The Bertz CT molecular complexity index is 917. The van der Waals surface area contributed by atoms with Gasteiger partial charge in [-0.05, 0) is 17.4 Å². The molecule has 1 N–H and O–H groups in total. The SMILES string of the molecule is [C-]#[N+]/C(C#N)=C(\O)c1ccc(CC(=O)Cc2cc(CC(C)(C)C)no2)cc1. The van der Waals surface area contributed by atoms with Crippen LogP contribution < -0.4 is 0 Å². The molecule has 0 radical (unpaired) electrons. The average molecular weight is 363 g/mol. The first-order valence-corrected chi connectivity index (χ1v) is 8.48. The zero-order chi connectivity index (χ0) is 20.0. The number of nitrogens with zero attached hydrogens (tertiary/aromatic N) is 3. The van der Waals surface area contributed by atoms with Crippen LogP contribution in [0.25, 0.3) is 10.6 Å². The van der Waals surface area contributed by atoms with Gasteiger partial charge in [0.05, 0.1) is 24.8 Å². The molecule has 27 heavy (non-hydrogen) atoms. The second kappa shape index (κ2) is 8.33. The van der Waals surface area contributed by atoms with Gasteiger partial charge in [-0.3, -0.25) is 4.79 Å². The van der Waals surface area contributed by atoms with Gasteiger partial charge in [0.2, 0.25) is 0 Å². The van der Waals surface area contributed by atoms with Crippen molar-refractivity contribution in [2.45, 2.75) is 40.0 Å². The third-order valence-corrected chi connectivity index (χ3v) is 3.76. The van der Waals surface area contributed by atoms with Gasteiger partial charge in [-0.2, -0.15) is 0 Å². The van der Waals surface area contributed by atoms with Crippen LogP contribution >= 0.6 is 0 Å². The molecule has 0 unspecified atom stereocenters. The molecule has 1 aromatic heterocycles. The van der Waals surface area contributed by atoms with Crippen molar-refractivity contribution in [3.8, 4) is 6.07 Å². The zero-order valence-electron chi connectivity index (χ0n) is 15.6. The van der Waals surface area contributed by atoms with E-state index in [0.29, 0.717) is 11.3 Å². The Balaban J connectivity index is 2.00. The Morgan fingerprint density at radius 1 is 1.30 bits per heavy atom. The molecule has 0 saturated carbocycles. The lowest BCUT2D eigenvalue weighted by Gasteiger charge is -2.14. The predicted octanol–water partition coefficient (Wildman–Crippen LogP) is 4.29.